The van der Waals surface area contributed by atoms with Gasteiger partial charge in [-0.05, 0) is 19.9 Å². The lowest BCUT2D eigenvalue weighted by atomic mass is 10.0. The highest BCUT2D eigenvalue weighted by Gasteiger charge is 2.32. The van der Waals surface area contributed by atoms with Crippen LogP contribution in [-0.2, 0) is 11.2 Å². The zero-order chi connectivity index (χ0) is 22.3. The van der Waals surface area contributed by atoms with Crippen molar-refractivity contribution in [3.05, 3.63) is 47.4 Å². The molecule has 5 rings (SSSR count). The fourth-order valence-electron chi connectivity index (χ4n) is 4.18. The molecule has 0 unspecified atom stereocenters. The fraction of sp³-hybridized carbons (Fsp3) is 0.364. The van der Waals surface area contributed by atoms with E-state index in [1.165, 1.54) is 23.1 Å². The molecule has 0 saturated carbocycles. The number of rotatable bonds is 4. The molecular weight excluding hydrogens is 412 g/mol. The minimum atomic E-state index is -0.302. The van der Waals surface area contributed by atoms with E-state index in [1.54, 1.807) is 6.20 Å². The second kappa shape index (κ2) is 7.79. The van der Waals surface area contributed by atoms with Crippen molar-refractivity contribution in [1.82, 2.24) is 14.6 Å². The summed E-state index contributed by atoms with van der Waals surface area (Å²) < 4.78 is 13.1. The van der Waals surface area contributed by atoms with Gasteiger partial charge in [0.1, 0.15) is 16.9 Å². The molecule has 1 amide bonds. The fourth-order valence-corrected chi connectivity index (χ4v) is 4.18. The predicted molar refractivity (Wildman–Crippen MR) is 118 cm³/mol. The molecule has 166 valence electrons. The van der Waals surface area contributed by atoms with Crippen molar-refractivity contribution in [2.45, 2.75) is 25.9 Å². The standard InChI is InChI=1S/C22H24N6O4/c1-22(2)9-15-7-17(18(8-19(15)32-22)27-3-5-31-6-4-27)26-21(29)16-12-24-28-13-14(11-25-30)10-23-20(16)28/h7-8,10-13,30H,3-6,9H2,1-2H3,(H,26,29)/b25-11+. The number of amides is 1. The first kappa shape index (κ1) is 20.3. The van der Waals surface area contributed by atoms with Crippen molar-refractivity contribution in [3.63, 3.8) is 0 Å². The summed E-state index contributed by atoms with van der Waals surface area (Å²) in [5, 5.41) is 19.0. The van der Waals surface area contributed by atoms with Crippen LogP contribution >= 0.6 is 0 Å². The number of hydrogen-bond donors (Lipinski definition) is 2. The van der Waals surface area contributed by atoms with Crippen LogP contribution in [-0.4, -0.2) is 63.8 Å². The van der Waals surface area contributed by atoms with Crippen molar-refractivity contribution >= 4 is 29.1 Å². The monoisotopic (exact) mass is 436 g/mol. The number of anilines is 2. The highest BCUT2D eigenvalue weighted by molar-refractivity contribution is 6.09. The summed E-state index contributed by atoms with van der Waals surface area (Å²) in [5.41, 5.74) is 3.73. The molecule has 0 bridgehead atoms. The predicted octanol–water partition coefficient (Wildman–Crippen LogP) is 2.34. The van der Waals surface area contributed by atoms with Gasteiger partial charge in [0.2, 0.25) is 0 Å². The van der Waals surface area contributed by atoms with E-state index in [0.717, 1.165) is 42.2 Å². The summed E-state index contributed by atoms with van der Waals surface area (Å²) in [4.78, 5) is 19.7. The smallest absolute Gasteiger partial charge is 0.261 e. The Bertz CT molecular complexity index is 1210. The molecule has 3 aromatic rings. The summed E-state index contributed by atoms with van der Waals surface area (Å²) in [6.07, 6.45) is 6.64. The number of oxime groups is 1. The Morgan fingerprint density at radius 2 is 2.09 bits per heavy atom. The summed E-state index contributed by atoms with van der Waals surface area (Å²) >= 11 is 0. The third kappa shape index (κ3) is 3.73. The van der Waals surface area contributed by atoms with Gasteiger partial charge >= 0.3 is 0 Å². The van der Waals surface area contributed by atoms with E-state index in [0.29, 0.717) is 30.0 Å². The van der Waals surface area contributed by atoms with E-state index in [4.69, 9.17) is 14.7 Å². The van der Waals surface area contributed by atoms with Crippen molar-refractivity contribution in [2.24, 2.45) is 5.16 Å². The van der Waals surface area contributed by atoms with E-state index in [9.17, 15) is 4.79 Å². The normalized spacial score (nSPS) is 17.5. The van der Waals surface area contributed by atoms with Gasteiger partial charge in [0.05, 0.1) is 37.0 Å². The maximum Gasteiger partial charge on any atom is 0.261 e. The van der Waals surface area contributed by atoms with Crippen LogP contribution in [0.25, 0.3) is 5.65 Å². The molecule has 1 fully saturated rings. The lowest BCUT2D eigenvalue weighted by Crippen LogP contribution is -2.36. The van der Waals surface area contributed by atoms with Crippen LogP contribution in [0.5, 0.6) is 5.75 Å². The number of ether oxygens (including phenoxy) is 2. The second-order valence-corrected chi connectivity index (χ2v) is 8.53. The van der Waals surface area contributed by atoms with Gasteiger partial charge in [-0.3, -0.25) is 4.79 Å². The zero-order valence-corrected chi connectivity index (χ0v) is 17.9. The summed E-state index contributed by atoms with van der Waals surface area (Å²) in [7, 11) is 0. The average molecular weight is 436 g/mol. The van der Waals surface area contributed by atoms with Crippen LogP contribution < -0.4 is 15.0 Å². The number of carbonyl (C=O) groups excluding carboxylic acids is 1. The van der Waals surface area contributed by atoms with E-state index >= 15 is 0 Å². The number of fused-ring (bicyclic) bond motifs is 2. The molecule has 2 aliphatic rings. The molecular formula is C22H24N6O4. The van der Waals surface area contributed by atoms with Crippen LogP contribution in [0.15, 0.2) is 35.9 Å². The minimum absolute atomic E-state index is 0.283. The van der Waals surface area contributed by atoms with E-state index in [1.807, 2.05) is 12.1 Å². The van der Waals surface area contributed by atoms with Crippen molar-refractivity contribution in [2.75, 3.05) is 36.5 Å². The summed E-state index contributed by atoms with van der Waals surface area (Å²) in [6.45, 7) is 6.85. The number of hydrogen-bond acceptors (Lipinski definition) is 8. The number of morpholine rings is 1. The van der Waals surface area contributed by atoms with Gasteiger partial charge in [0, 0.05) is 49.1 Å². The number of nitrogens with one attached hydrogen (secondary N) is 1. The second-order valence-electron chi connectivity index (χ2n) is 8.53. The molecule has 1 aromatic carbocycles. The van der Waals surface area contributed by atoms with Gasteiger partial charge in [0.25, 0.3) is 5.91 Å². The van der Waals surface area contributed by atoms with Crippen LogP contribution in [0.1, 0.15) is 35.3 Å². The van der Waals surface area contributed by atoms with Crippen LogP contribution in [0, 0.1) is 0 Å². The highest BCUT2D eigenvalue weighted by atomic mass is 16.5. The molecule has 4 heterocycles. The number of carbonyl (C=O) groups is 1. The van der Waals surface area contributed by atoms with Gasteiger partial charge in [-0.2, -0.15) is 5.10 Å². The Kier molecular flexibility index (Phi) is 4.93. The molecule has 2 aliphatic heterocycles. The molecule has 1 saturated heterocycles. The lowest BCUT2D eigenvalue weighted by molar-refractivity contribution is 0.102. The van der Waals surface area contributed by atoms with Gasteiger partial charge in [-0.15, -0.1) is 0 Å². The molecule has 2 N–H and O–H groups in total. The third-order valence-electron chi connectivity index (χ3n) is 5.61. The van der Waals surface area contributed by atoms with E-state index < -0.39 is 0 Å². The van der Waals surface area contributed by atoms with E-state index in [2.05, 4.69) is 39.3 Å². The third-order valence-corrected chi connectivity index (χ3v) is 5.61. The molecule has 0 atom stereocenters. The minimum Gasteiger partial charge on any atom is -0.487 e. The Labute approximate surface area is 184 Å². The van der Waals surface area contributed by atoms with Crippen molar-refractivity contribution in [1.29, 1.82) is 0 Å². The highest BCUT2D eigenvalue weighted by Crippen LogP contribution is 2.42. The Hall–Kier alpha value is -3.66. The summed E-state index contributed by atoms with van der Waals surface area (Å²) in [5.74, 6) is 0.550. The largest absolute Gasteiger partial charge is 0.487 e. The molecule has 32 heavy (non-hydrogen) atoms. The molecule has 10 nitrogen and oxygen atoms in total. The van der Waals surface area contributed by atoms with Crippen LogP contribution in [0.2, 0.25) is 0 Å². The maximum absolute atomic E-state index is 13.2. The van der Waals surface area contributed by atoms with Gasteiger partial charge in [-0.25, -0.2) is 9.50 Å². The molecule has 0 radical (unpaired) electrons. The molecule has 0 aliphatic carbocycles. The van der Waals surface area contributed by atoms with Gasteiger partial charge in [-0.1, -0.05) is 5.16 Å². The Balaban J connectivity index is 1.49. The van der Waals surface area contributed by atoms with Gasteiger partial charge in [0.15, 0.2) is 5.65 Å². The number of nitrogens with zero attached hydrogens (tertiary/aromatic N) is 5. The SMILES string of the molecule is CC1(C)Cc2cc(NC(=O)c3cnn4cc(/C=N/O)cnc34)c(N3CCOCC3)cc2O1. The average Bonchev–Trinajstić information content (AvgIpc) is 3.32. The Morgan fingerprint density at radius 1 is 1.28 bits per heavy atom. The summed E-state index contributed by atoms with van der Waals surface area (Å²) in [6, 6.07) is 4.02. The first-order valence-corrected chi connectivity index (χ1v) is 10.4. The first-order valence-electron chi connectivity index (χ1n) is 10.4. The Morgan fingerprint density at radius 3 is 2.88 bits per heavy atom. The van der Waals surface area contributed by atoms with Gasteiger partial charge < -0.3 is 24.9 Å². The van der Waals surface area contributed by atoms with Crippen molar-refractivity contribution < 1.29 is 19.5 Å². The number of benzene rings is 1. The quantitative estimate of drug-likeness (QED) is 0.367. The number of aromatic nitrogens is 3. The first-order chi connectivity index (χ1) is 15.4. The zero-order valence-electron chi connectivity index (χ0n) is 17.9. The van der Waals surface area contributed by atoms with E-state index in [-0.39, 0.29) is 11.5 Å². The molecule has 0 spiro atoms. The maximum atomic E-state index is 13.2. The molecule has 2 aromatic heterocycles. The topological polar surface area (TPSA) is 114 Å². The van der Waals surface area contributed by atoms with Crippen LogP contribution in [0.3, 0.4) is 0 Å². The molecule has 10 heteroatoms. The lowest BCUT2D eigenvalue weighted by Gasteiger charge is -2.31. The van der Waals surface area contributed by atoms with Crippen molar-refractivity contribution in [3.8, 4) is 5.75 Å². The van der Waals surface area contributed by atoms with Crippen LogP contribution in [0.4, 0.5) is 11.4 Å².